The van der Waals surface area contributed by atoms with Gasteiger partial charge in [-0.2, -0.15) is 4.98 Å². The maximum Gasteiger partial charge on any atom is 0.316 e. The van der Waals surface area contributed by atoms with Gasteiger partial charge in [0.05, 0.1) is 30.0 Å². The van der Waals surface area contributed by atoms with Gasteiger partial charge < -0.3 is 9.47 Å². The highest BCUT2D eigenvalue weighted by atomic mass is 32.1. The summed E-state index contributed by atoms with van der Waals surface area (Å²) >= 11 is 1.62. The van der Waals surface area contributed by atoms with Crippen molar-refractivity contribution in [3.8, 4) is 22.3 Å². The molecule has 2 aromatic heterocycles. The molecule has 24 heavy (non-hydrogen) atoms. The first-order valence-electron chi connectivity index (χ1n) is 7.44. The van der Waals surface area contributed by atoms with E-state index in [-0.39, 0.29) is 0 Å². The van der Waals surface area contributed by atoms with Crippen LogP contribution in [0.25, 0.3) is 31.7 Å². The molecule has 6 heteroatoms. The molecule has 0 N–H and O–H groups in total. The third-order valence-corrected chi connectivity index (χ3v) is 4.87. The van der Waals surface area contributed by atoms with Crippen LogP contribution in [0.2, 0.25) is 0 Å². The lowest BCUT2D eigenvalue weighted by Gasteiger charge is -2.06. The average Bonchev–Trinajstić information content (AvgIpc) is 3.03. The molecule has 0 radical (unpaired) electrons. The van der Waals surface area contributed by atoms with Crippen molar-refractivity contribution < 1.29 is 9.47 Å². The van der Waals surface area contributed by atoms with Gasteiger partial charge in [0, 0.05) is 17.1 Å². The van der Waals surface area contributed by atoms with Crippen molar-refractivity contribution in [2.45, 2.75) is 6.92 Å². The van der Waals surface area contributed by atoms with Crippen molar-refractivity contribution in [3.05, 3.63) is 42.1 Å². The highest BCUT2D eigenvalue weighted by Gasteiger charge is 2.13. The summed E-state index contributed by atoms with van der Waals surface area (Å²) in [5.41, 5.74) is 3.93. The molecule has 5 nitrogen and oxygen atoms in total. The number of rotatable bonds is 3. The van der Waals surface area contributed by atoms with Gasteiger partial charge in [-0.25, -0.2) is 9.97 Å². The third-order valence-electron chi connectivity index (χ3n) is 3.81. The maximum absolute atomic E-state index is 5.30. The molecular weight excluding hydrogens is 322 g/mol. The van der Waals surface area contributed by atoms with E-state index >= 15 is 0 Å². The van der Waals surface area contributed by atoms with Crippen LogP contribution in [0.3, 0.4) is 0 Å². The zero-order chi connectivity index (χ0) is 16.7. The van der Waals surface area contributed by atoms with Crippen LogP contribution >= 0.6 is 11.3 Å². The predicted octanol–water partition coefficient (Wildman–Crippen LogP) is 4.23. The van der Waals surface area contributed by atoms with Crippen molar-refractivity contribution in [1.29, 1.82) is 0 Å². The van der Waals surface area contributed by atoms with Crippen LogP contribution < -0.4 is 9.47 Å². The van der Waals surface area contributed by atoms with Crippen LogP contribution in [0.1, 0.15) is 5.56 Å². The van der Waals surface area contributed by atoms with Crippen LogP contribution in [0, 0.1) is 6.92 Å². The van der Waals surface area contributed by atoms with E-state index in [1.54, 1.807) is 31.8 Å². The summed E-state index contributed by atoms with van der Waals surface area (Å²) < 4.78 is 11.6. The molecule has 0 aliphatic carbocycles. The van der Waals surface area contributed by atoms with Crippen LogP contribution in [-0.2, 0) is 0 Å². The third kappa shape index (κ3) is 2.45. The Labute approximate surface area is 142 Å². The Bertz CT molecular complexity index is 1060. The second-order valence-corrected chi connectivity index (χ2v) is 6.49. The normalized spacial score (nSPS) is 11.1. The first kappa shape index (κ1) is 14.8. The topological polar surface area (TPSA) is 57.1 Å². The molecule has 0 aliphatic heterocycles. The minimum Gasteiger partial charge on any atom is -0.497 e. The Morgan fingerprint density at radius 3 is 2.67 bits per heavy atom. The highest BCUT2D eigenvalue weighted by molar-refractivity contribution is 7.21. The molecule has 0 atom stereocenters. The molecule has 4 aromatic rings. The Morgan fingerprint density at radius 2 is 1.88 bits per heavy atom. The summed E-state index contributed by atoms with van der Waals surface area (Å²) in [6.45, 7) is 2.06. The first-order valence-corrected chi connectivity index (χ1v) is 8.26. The molecule has 0 fully saturated rings. The summed E-state index contributed by atoms with van der Waals surface area (Å²) in [7, 11) is 3.24. The number of aryl methyl sites for hydroxylation is 1. The van der Waals surface area contributed by atoms with E-state index in [2.05, 4.69) is 29.0 Å². The highest BCUT2D eigenvalue weighted by Crippen LogP contribution is 2.36. The minimum absolute atomic E-state index is 0.357. The Balaban J connectivity index is 1.97. The lowest BCUT2D eigenvalue weighted by molar-refractivity contribution is 0.382. The number of methoxy groups -OCH3 is 2. The zero-order valence-corrected chi connectivity index (χ0v) is 14.3. The van der Waals surface area contributed by atoms with Gasteiger partial charge >= 0.3 is 6.01 Å². The standard InChI is InChI=1S/C18H15N3O2S/c1-10-6-11-9-19-18(23-3)21-16(11)13(7-10)17-20-14-5-4-12(22-2)8-15(14)24-17/h4-9H,1-3H3. The largest absolute Gasteiger partial charge is 0.497 e. The van der Waals surface area contributed by atoms with E-state index in [0.29, 0.717) is 6.01 Å². The number of hydrogen-bond donors (Lipinski definition) is 0. The quantitative estimate of drug-likeness (QED) is 0.560. The van der Waals surface area contributed by atoms with Gasteiger partial charge in [0.15, 0.2) is 0 Å². The van der Waals surface area contributed by atoms with Gasteiger partial charge in [0.25, 0.3) is 0 Å². The van der Waals surface area contributed by atoms with Crippen LogP contribution in [0.15, 0.2) is 36.5 Å². The fourth-order valence-electron chi connectivity index (χ4n) is 2.69. The van der Waals surface area contributed by atoms with Gasteiger partial charge in [-0.05, 0) is 42.8 Å². The molecule has 2 heterocycles. The Kier molecular flexibility index (Phi) is 3.54. The predicted molar refractivity (Wildman–Crippen MR) is 96.0 cm³/mol. The van der Waals surface area contributed by atoms with Gasteiger partial charge in [-0.3, -0.25) is 0 Å². The number of thiazole rings is 1. The van der Waals surface area contributed by atoms with Crippen molar-refractivity contribution in [1.82, 2.24) is 15.0 Å². The number of nitrogens with zero attached hydrogens (tertiary/aromatic N) is 3. The van der Waals surface area contributed by atoms with E-state index in [4.69, 9.17) is 14.5 Å². The number of hydrogen-bond acceptors (Lipinski definition) is 6. The van der Waals surface area contributed by atoms with Crippen molar-refractivity contribution >= 4 is 32.5 Å². The summed E-state index contributed by atoms with van der Waals surface area (Å²) in [6.07, 6.45) is 1.79. The number of benzene rings is 2. The van der Waals surface area contributed by atoms with Crippen molar-refractivity contribution in [2.24, 2.45) is 0 Å². The maximum atomic E-state index is 5.30. The SMILES string of the molecule is COc1ccc2nc(-c3cc(C)cc4cnc(OC)nc34)sc2c1. The van der Waals surface area contributed by atoms with Crippen LogP contribution in [0.5, 0.6) is 11.8 Å². The second-order valence-electron chi connectivity index (χ2n) is 5.46. The number of fused-ring (bicyclic) bond motifs is 2. The fourth-order valence-corrected chi connectivity index (χ4v) is 3.70. The first-order chi connectivity index (χ1) is 11.7. The number of ether oxygens (including phenoxy) is 2. The minimum atomic E-state index is 0.357. The molecule has 4 rings (SSSR count). The molecule has 2 aromatic carbocycles. The van der Waals surface area contributed by atoms with E-state index in [1.807, 2.05) is 18.2 Å². The summed E-state index contributed by atoms with van der Waals surface area (Å²) in [6, 6.07) is 10.4. The van der Waals surface area contributed by atoms with Crippen molar-refractivity contribution in [2.75, 3.05) is 14.2 Å². The van der Waals surface area contributed by atoms with Gasteiger partial charge in [-0.1, -0.05) is 0 Å². The molecule has 0 saturated heterocycles. The molecule has 0 amide bonds. The van der Waals surface area contributed by atoms with Crippen LogP contribution in [-0.4, -0.2) is 29.2 Å². The van der Waals surface area contributed by atoms with Gasteiger partial charge in [-0.15, -0.1) is 11.3 Å². The lowest BCUT2D eigenvalue weighted by atomic mass is 10.1. The lowest BCUT2D eigenvalue weighted by Crippen LogP contribution is -1.94. The second kappa shape index (κ2) is 5.72. The fraction of sp³-hybridized carbons (Fsp3) is 0.167. The molecule has 0 saturated carbocycles. The summed E-state index contributed by atoms with van der Waals surface area (Å²) in [4.78, 5) is 13.5. The molecular formula is C18H15N3O2S. The van der Waals surface area contributed by atoms with E-state index in [1.165, 1.54) is 0 Å². The smallest absolute Gasteiger partial charge is 0.316 e. The monoisotopic (exact) mass is 337 g/mol. The van der Waals surface area contributed by atoms with Crippen molar-refractivity contribution in [3.63, 3.8) is 0 Å². The number of aromatic nitrogens is 3. The Morgan fingerprint density at radius 1 is 1.00 bits per heavy atom. The van der Waals surface area contributed by atoms with E-state index < -0.39 is 0 Å². The van der Waals surface area contributed by atoms with Gasteiger partial charge in [0.2, 0.25) is 0 Å². The van der Waals surface area contributed by atoms with Gasteiger partial charge in [0.1, 0.15) is 10.8 Å². The molecule has 0 spiro atoms. The average molecular weight is 337 g/mol. The van der Waals surface area contributed by atoms with Crippen LogP contribution in [0.4, 0.5) is 0 Å². The Hall–Kier alpha value is -2.73. The zero-order valence-electron chi connectivity index (χ0n) is 13.5. The van der Waals surface area contributed by atoms with E-state index in [0.717, 1.165) is 43.0 Å². The molecule has 0 unspecified atom stereocenters. The summed E-state index contributed by atoms with van der Waals surface area (Å²) in [5.74, 6) is 0.829. The summed E-state index contributed by atoms with van der Waals surface area (Å²) in [5, 5.41) is 1.90. The molecule has 120 valence electrons. The van der Waals surface area contributed by atoms with E-state index in [9.17, 15) is 0 Å². The molecule has 0 aliphatic rings. The molecule has 0 bridgehead atoms.